The molecule has 1 N–H and O–H groups in total. The van der Waals surface area contributed by atoms with E-state index in [0.29, 0.717) is 6.54 Å². The number of hydrogen-bond acceptors (Lipinski definition) is 3. The summed E-state index contributed by atoms with van der Waals surface area (Å²) < 4.78 is 28.0. The Labute approximate surface area is 201 Å². The second kappa shape index (κ2) is 10.9. The predicted octanol–water partition coefficient (Wildman–Crippen LogP) is 5.28. The number of sulfonamides is 1. The van der Waals surface area contributed by atoms with Crippen molar-refractivity contribution in [2.45, 2.75) is 45.1 Å². The molecule has 0 saturated heterocycles. The molecule has 0 aliphatic rings. The molecular weight excluding hydrogens is 456 g/mol. The van der Waals surface area contributed by atoms with E-state index in [9.17, 15) is 13.2 Å². The Balaban J connectivity index is 1.87. The number of carbonyl (C=O) groups is 1. The van der Waals surface area contributed by atoms with E-state index in [2.05, 4.69) is 37.4 Å². The summed E-state index contributed by atoms with van der Waals surface area (Å²) in [4.78, 5) is 13.0. The smallest absolute Gasteiger partial charge is 0.264 e. The molecular formula is C26H29ClN2O3S. The molecule has 0 aliphatic carbocycles. The van der Waals surface area contributed by atoms with Crippen LogP contribution in [0.3, 0.4) is 0 Å². The fourth-order valence-electron chi connectivity index (χ4n) is 3.58. The number of amides is 1. The fourth-order valence-corrected chi connectivity index (χ4v) is 5.31. The Morgan fingerprint density at radius 3 is 2.27 bits per heavy atom. The van der Waals surface area contributed by atoms with E-state index in [1.165, 1.54) is 17.7 Å². The van der Waals surface area contributed by atoms with Gasteiger partial charge in [0, 0.05) is 6.54 Å². The van der Waals surface area contributed by atoms with E-state index >= 15 is 0 Å². The Kier molecular flexibility index (Phi) is 8.16. The fraction of sp³-hybridized carbons (Fsp3) is 0.269. The summed E-state index contributed by atoms with van der Waals surface area (Å²) in [6.45, 7) is 5.99. The summed E-state index contributed by atoms with van der Waals surface area (Å²) in [5, 5.41) is 3.14. The topological polar surface area (TPSA) is 66.5 Å². The van der Waals surface area contributed by atoms with Gasteiger partial charge in [-0.15, -0.1) is 0 Å². The lowest BCUT2D eigenvalue weighted by atomic mass is 10.0. The van der Waals surface area contributed by atoms with Crippen LogP contribution in [-0.2, 0) is 34.2 Å². The lowest BCUT2D eigenvalue weighted by Crippen LogP contribution is -2.41. The van der Waals surface area contributed by atoms with Crippen LogP contribution in [-0.4, -0.2) is 20.9 Å². The molecule has 3 rings (SSSR count). The molecule has 0 heterocycles. The normalized spacial score (nSPS) is 11.3. The van der Waals surface area contributed by atoms with Gasteiger partial charge in [0.05, 0.1) is 15.6 Å². The number of halogens is 1. The maximum absolute atomic E-state index is 13.5. The third-order valence-corrected chi connectivity index (χ3v) is 7.65. The Bertz CT molecular complexity index is 1220. The molecule has 33 heavy (non-hydrogen) atoms. The highest BCUT2D eigenvalue weighted by Gasteiger charge is 2.28. The van der Waals surface area contributed by atoms with Crippen LogP contribution in [0.5, 0.6) is 0 Å². The number of rotatable bonds is 9. The van der Waals surface area contributed by atoms with E-state index in [4.69, 9.17) is 11.6 Å². The monoisotopic (exact) mass is 484 g/mol. The van der Waals surface area contributed by atoms with Crippen molar-refractivity contribution >= 4 is 33.2 Å². The van der Waals surface area contributed by atoms with Crippen molar-refractivity contribution in [3.8, 4) is 0 Å². The van der Waals surface area contributed by atoms with Gasteiger partial charge in [-0.25, -0.2) is 8.42 Å². The standard InChI is InChI=1S/C26H29ClN2O3S/c1-4-20-12-13-21(5-2)22(16-20)17-28-26(30)18-29(25-9-7-6-8-24(25)27)33(31,32)23-14-10-19(3)11-15-23/h6-16H,4-5,17-18H2,1-3H3,(H,28,30). The number of nitrogens with zero attached hydrogens (tertiary/aromatic N) is 1. The van der Waals surface area contributed by atoms with Crippen molar-refractivity contribution in [1.82, 2.24) is 5.32 Å². The average Bonchev–Trinajstić information content (AvgIpc) is 2.81. The van der Waals surface area contributed by atoms with Gasteiger partial charge in [0.2, 0.25) is 5.91 Å². The van der Waals surface area contributed by atoms with Gasteiger partial charge in [-0.2, -0.15) is 0 Å². The molecule has 1 amide bonds. The Hall–Kier alpha value is -2.83. The summed E-state index contributed by atoms with van der Waals surface area (Å²) in [6.07, 6.45) is 1.75. The molecule has 3 aromatic carbocycles. The minimum atomic E-state index is -4.01. The lowest BCUT2D eigenvalue weighted by molar-refractivity contribution is -0.119. The average molecular weight is 485 g/mol. The van der Waals surface area contributed by atoms with Crippen molar-refractivity contribution in [3.05, 3.63) is 94.0 Å². The minimum absolute atomic E-state index is 0.102. The molecule has 0 fully saturated rings. The number of nitrogens with one attached hydrogen (secondary N) is 1. The molecule has 0 spiro atoms. The SMILES string of the molecule is CCc1ccc(CC)c(CNC(=O)CN(c2ccccc2Cl)S(=O)(=O)c2ccc(C)cc2)c1. The van der Waals surface area contributed by atoms with Crippen molar-refractivity contribution in [2.24, 2.45) is 0 Å². The first kappa shape index (κ1) is 24.8. The third-order valence-electron chi connectivity index (χ3n) is 5.55. The van der Waals surface area contributed by atoms with Gasteiger partial charge in [0.15, 0.2) is 0 Å². The number of para-hydroxylation sites is 1. The van der Waals surface area contributed by atoms with Crippen molar-refractivity contribution < 1.29 is 13.2 Å². The zero-order chi connectivity index (χ0) is 24.0. The van der Waals surface area contributed by atoms with Crippen LogP contribution in [0.4, 0.5) is 5.69 Å². The summed E-state index contributed by atoms with van der Waals surface area (Å²) in [5.41, 5.74) is 4.59. The van der Waals surface area contributed by atoms with Gasteiger partial charge in [0.1, 0.15) is 6.54 Å². The zero-order valence-corrected chi connectivity index (χ0v) is 20.7. The second-order valence-electron chi connectivity index (χ2n) is 7.86. The van der Waals surface area contributed by atoms with Gasteiger partial charge in [-0.05, 0) is 60.7 Å². The molecule has 174 valence electrons. The van der Waals surface area contributed by atoms with Crippen LogP contribution >= 0.6 is 11.6 Å². The zero-order valence-electron chi connectivity index (χ0n) is 19.1. The molecule has 0 atom stereocenters. The molecule has 0 unspecified atom stereocenters. The van der Waals surface area contributed by atoms with Crippen molar-refractivity contribution in [1.29, 1.82) is 0 Å². The quantitative estimate of drug-likeness (QED) is 0.449. The van der Waals surface area contributed by atoms with E-state index in [-0.39, 0.29) is 22.2 Å². The van der Waals surface area contributed by atoms with Crippen LogP contribution in [0, 0.1) is 6.92 Å². The van der Waals surface area contributed by atoms with Gasteiger partial charge in [-0.1, -0.05) is 73.5 Å². The van der Waals surface area contributed by atoms with Gasteiger partial charge >= 0.3 is 0 Å². The van der Waals surface area contributed by atoms with Crippen LogP contribution in [0.15, 0.2) is 71.6 Å². The molecule has 0 aromatic heterocycles. The summed E-state index contributed by atoms with van der Waals surface area (Å²) in [5.74, 6) is -0.408. The first-order valence-corrected chi connectivity index (χ1v) is 12.8. The van der Waals surface area contributed by atoms with E-state index < -0.39 is 15.9 Å². The molecule has 0 aliphatic heterocycles. The highest BCUT2D eigenvalue weighted by molar-refractivity contribution is 7.92. The third kappa shape index (κ3) is 5.95. The van der Waals surface area contributed by atoms with Gasteiger partial charge in [-0.3, -0.25) is 9.10 Å². The molecule has 0 bridgehead atoms. The van der Waals surface area contributed by atoms with Crippen molar-refractivity contribution in [3.63, 3.8) is 0 Å². The van der Waals surface area contributed by atoms with Crippen molar-refractivity contribution in [2.75, 3.05) is 10.8 Å². The Morgan fingerprint density at radius 2 is 1.64 bits per heavy atom. The lowest BCUT2D eigenvalue weighted by Gasteiger charge is -2.25. The molecule has 0 radical (unpaired) electrons. The van der Waals surface area contributed by atoms with Crippen LogP contribution < -0.4 is 9.62 Å². The van der Waals surface area contributed by atoms with E-state index in [1.807, 2.05) is 6.92 Å². The first-order chi connectivity index (χ1) is 15.8. The summed E-state index contributed by atoms with van der Waals surface area (Å²) in [7, 11) is -4.01. The number of hydrogen-bond donors (Lipinski definition) is 1. The second-order valence-corrected chi connectivity index (χ2v) is 10.1. The highest BCUT2D eigenvalue weighted by Crippen LogP contribution is 2.30. The van der Waals surface area contributed by atoms with Crippen LogP contribution in [0.25, 0.3) is 0 Å². The molecule has 5 nitrogen and oxygen atoms in total. The number of benzene rings is 3. The largest absolute Gasteiger partial charge is 0.350 e. The molecule has 0 saturated carbocycles. The van der Waals surface area contributed by atoms with Gasteiger partial charge < -0.3 is 5.32 Å². The predicted molar refractivity (Wildman–Crippen MR) is 134 cm³/mol. The van der Waals surface area contributed by atoms with E-state index in [0.717, 1.165) is 33.8 Å². The first-order valence-electron chi connectivity index (χ1n) is 11.0. The van der Waals surface area contributed by atoms with E-state index in [1.54, 1.807) is 36.4 Å². The van der Waals surface area contributed by atoms with Crippen LogP contribution in [0.1, 0.15) is 36.1 Å². The summed E-state index contributed by atoms with van der Waals surface area (Å²) >= 11 is 6.33. The van der Waals surface area contributed by atoms with Gasteiger partial charge in [0.25, 0.3) is 10.0 Å². The highest BCUT2D eigenvalue weighted by atomic mass is 35.5. The number of aryl methyl sites for hydroxylation is 3. The maximum atomic E-state index is 13.5. The number of anilines is 1. The minimum Gasteiger partial charge on any atom is -0.350 e. The maximum Gasteiger partial charge on any atom is 0.264 e. The van der Waals surface area contributed by atoms with Crippen LogP contribution in [0.2, 0.25) is 5.02 Å². The number of carbonyl (C=O) groups excluding carboxylic acids is 1. The molecule has 7 heteroatoms. The Morgan fingerprint density at radius 1 is 0.939 bits per heavy atom. The summed E-state index contributed by atoms with van der Waals surface area (Å²) in [6, 6.07) is 19.4. The molecule has 3 aromatic rings.